The number of aromatic amines is 1. The number of aryl methyl sites for hydroxylation is 2. The summed E-state index contributed by atoms with van der Waals surface area (Å²) in [6.45, 7) is 0.678. The molecule has 0 bridgehead atoms. The molecule has 2 heterocycles. The molecule has 3 aromatic rings. The van der Waals surface area contributed by atoms with Crippen LogP contribution in [-0.4, -0.2) is 27.8 Å². The lowest BCUT2D eigenvalue weighted by atomic mass is 10.1. The number of primary amides is 1. The largest absolute Gasteiger partial charge is 0.497 e. The lowest BCUT2D eigenvalue weighted by Crippen LogP contribution is -2.12. The van der Waals surface area contributed by atoms with Crippen molar-refractivity contribution in [2.24, 2.45) is 5.73 Å². The molecule has 0 aliphatic rings. The molecular weight excluding hydrogens is 268 g/mol. The molecule has 0 spiro atoms. The number of amides is 1. The highest BCUT2D eigenvalue weighted by atomic mass is 16.5. The SMILES string of the molecule is COc1ccc2[nH]cc(CCn3ccc(C(N)=O)n3)c2c1. The van der Waals surface area contributed by atoms with Crippen LogP contribution in [0.25, 0.3) is 10.9 Å². The van der Waals surface area contributed by atoms with Crippen molar-refractivity contribution in [3.05, 3.63) is 47.9 Å². The molecule has 0 fully saturated rings. The predicted octanol–water partition coefficient (Wildman–Crippen LogP) is 1.71. The Morgan fingerprint density at radius 1 is 1.43 bits per heavy atom. The molecule has 3 rings (SSSR count). The van der Waals surface area contributed by atoms with Gasteiger partial charge in [-0.15, -0.1) is 0 Å². The summed E-state index contributed by atoms with van der Waals surface area (Å²) in [5.41, 5.74) is 7.73. The summed E-state index contributed by atoms with van der Waals surface area (Å²) in [6.07, 6.45) is 4.55. The Morgan fingerprint density at radius 2 is 2.29 bits per heavy atom. The van der Waals surface area contributed by atoms with Crippen LogP contribution in [0, 0.1) is 0 Å². The summed E-state index contributed by atoms with van der Waals surface area (Å²) < 4.78 is 6.98. The van der Waals surface area contributed by atoms with Crippen molar-refractivity contribution in [2.45, 2.75) is 13.0 Å². The highest BCUT2D eigenvalue weighted by Crippen LogP contribution is 2.24. The minimum Gasteiger partial charge on any atom is -0.497 e. The summed E-state index contributed by atoms with van der Waals surface area (Å²) >= 11 is 0. The Balaban J connectivity index is 1.79. The van der Waals surface area contributed by atoms with E-state index in [-0.39, 0.29) is 5.69 Å². The number of ether oxygens (including phenoxy) is 1. The number of nitrogens with two attached hydrogens (primary N) is 1. The van der Waals surface area contributed by atoms with Crippen molar-refractivity contribution in [3.8, 4) is 5.75 Å². The highest BCUT2D eigenvalue weighted by molar-refractivity contribution is 5.90. The van der Waals surface area contributed by atoms with Crippen molar-refractivity contribution in [1.29, 1.82) is 0 Å². The number of aromatic nitrogens is 3. The van der Waals surface area contributed by atoms with Crippen molar-refractivity contribution in [1.82, 2.24) is 14.8 Å². The van der Waals surface area contributed by atoms with E-state index in [1.165, 1.54) is 5.56 Å². The smallest absolute Gasteiger partial charge is 0.269 e. The van der Waals surface area contributed by atoms with E-state index in [0.29, 0.717) is 6.54 Å². The Hall–Kier alpha value is -2.76. The van der Waals surface area contributed by atoms with Gasteiger partial charge in [-0.25, -0.2) is 0 Å². The minimum atomic E-state index is -0.509. The lowest BCUT2D eigenvalue weighted by molar-refractivity contribution is 0.0994. The van der Waals surface area contributed by atoms with Crippen LogP contribution >= 0.6 is 0 Å². The molecule has 0 unspecified atom stereocenters. The Bertz CT molecular complexity index is 788. The van der Waals surface area contributed by atoms with Gasteiger partial charge in [-0.3, -0.25) is 9.48 Å². The van der Waals surface area contributed by atoms with Crippen molar-refractivity contribution >= 4 is 16.8 Å². The molecule has 6 nitrogen and oxygen atoms in total. The molecule has 6 heteroatoms. The fourth-order valence-electron chi connectivity index (χ4n) is 2.34. The Morgan fingerprint density at radius 3 is 3.00 bits per heavy atom. The maximum Gasteiger partial charge on any atom is 0.269 e. The summed E-state index contributed by atoms with van der Waals surface area (Å²) in [7, 11) is 1.66. The Kier molecular flexibility index (Phi) is 3.35. The van der Waals surface area contributed by atoms with Crippen molar-refractivity contribution < 1.29 is 9.53 Å². The highest BCUT2D eigenvalue weighted by Gasteiger charge is 2.07. The first-order valence-electron chi connectivity index (χ1n) is 6.64. The number of nitrogens with one attached hydrogen (secondary N) is 1. The molecule has 0 saturated carbocycles. The topological polar surface area (TPSA) is 85.9 Å². The number of benzene rings is 1. The molecule has 3 N–H and O–H groups in total. The van der Waals surface area contributed by atoms with Crippen molar-refractivity contribution in [2.75, 3.05) is 7.11 Å². The predicted molar refractivity (Wildman–Crippen MR) is 79.3 cm³/mol. The number of H-pyrrole nitrogens is 1. The number of hydrogen-bond acceptors (Lipinski definition) is 3. The van der Waals surface area contributed by atoms with Gasteiger partial charge in [0.2, 0.25) is 0 Å². The second-order valence-electron chi connectivity index (χ2n) is 4.80. The molecule has 108 valence electrons. The van der Waals surface area contributed by atoms with Crippen LogP contribution in [0.15, 0.2) is 36.7 Å². The monoisotopic (exact) mass is 284 g/mol. The third-order valence-corrected chi connectivity index (χ3v) is 3.48. The summed E-state index contributed by atoms with van der Waals surface area (Å²) in [5, 5.41) is 5.27. The second kappa shape index (κ2) is 5.32. The fraction of sp³-hybridized carbons (Fsp3) is 0.200. The van der Waals surface area contributed by atoms with Crippen LogP contribution in [0.1, 0.15) is 16.1 Å². The molecule has 0 atom stereocenters. The summed E-state index contributed by atoms with van der Waals surface area (Å²) in [5.74, 6) is 0.323. The van der Waals surface area contributed by atoms with Crippen LogP contribution in [0.5, 0.6) is 5.75 Å². The molecule has 0 saturated heterocycles. The molecule has 1 aromatic carbocycles. The molecule has 21 heavy (non-hydrogen) atoms. The van der Waals surface area contributed by atoms with Gasteiger partial charge in [-0.1, -0.05) is 0 Å². The average molecular weight is 284 g/mol. The normalized spacial score (nSPS) is 10.9. The average Bonchev–Trinajstić information content (AvgIpc) is 3.11. The first-order chi connectivity index (χ1) is 10.2. The van der Waals surface area contributed by atoms with Crippen LogP contribution in [0.2, 0.25) is 0 Å². The van der Waals surface area contributed by atoms with E-state index < -0.39 is 5.91 Å². The number of carbonyl (C=O) groups is 1. The van der Waals surface area contributed by atoms with E-state index >= 15 is 0 Å². The number of rotatable bonds is 5. The van der Waals surface area contributed by atoms with Gasteiger partial charge in [-0.05, 0) is 36.2 Å². The van der Waals surface area contributed by atoms with E-state index in [1.807, 2.05) is 24.4 Å². The molecule has 0 radical (unpaired) electrons. The summed E-state index contributed by atoms with van der Waals surface area (Å²) in [4.78, 5) is 14.3. The van der Waals surface area contributed by atoms with Gasteiger partial charge in [0.05, 0.1) is 7.11 Å². The molecule has 1 amide bonds. The van der Waals surface area contributed by atoms with Gasteiger partial charge in [0.15, 0.2) is 0 Å². The third-order valence-electron chi connectivity index (χ3n) is 3.48. The van der Waals surface area contributed by atoms with Gasteiger partial charge >= 0.3 is 0 Å². The minimum absolute atomic E-state index is 0.288. The third kappa shape index (κ3) is 2.60. The zero-order valence-corrected chi connectivity index (χ0v) is 11.7. The van der Waals surface area contributed by atoms with Gasteiger partial charge in [0.1, 0.15) is 11.4 Å². The van der Waals surface area contributed by atoms with Crippen LogP contribution in [-0.2, 0) is 13.0 Å². The first kappa shape index (κ1) is 13.2. The fourth-order valence-corrected chi connectivity index (χ4v) is 2.34. The van der Waals surface area contributed by atoms with E-state index in [2.05, 4.69) is 10.1 Å². The molecule has 2 aromatic heterocycles. The first-order valence-corrected chi connectivity index (χ1v) is 6.64. The van der Waals surface area contributed by atoms with Gasteiger partial charge in [0.25, 0.3) is 5.91 Å². The maximum atomic E-state index is 11.0. The number of fused-ring (bicyclic) bond motifs is 1. The van der Waals surface area contributed by atoms with Crippen molar-refractivity contribution in [3.63, 3.8) is 0 Å². The second-order valence-corrected chi connectivity index (χ2v) is 4.80. The van der Waals surface area contributed by atoms with E-state index in [0.717, 1.165) is 23.1 Å². The quantitative estimate of drug-likeness (QED) is 0.748. The van der Waals surface area contributed by atoms with Gasteiger partial charge in [0, 0.05) is 29.8 Å². The standard InChI is InChI=1S/C15H16N4O2/c1-21-11-2-3-13-12(8-11)10(9-17-13)4-6-19-7-5-14(18-19)15(16)20/h2-3,5,7-9,17H,4,6H2,1H3,(H2,16,20). The number of hydrogen-bond donors (Lipinski definition) is 2. The van der Waals surface area contributed by atoms with Crippen LogP contribution < -0.4 is 10.5 Å². The maximum absolute atomic E-state index is 11.0. The number of nitrogens with zero attached hydrogens (tertiary/aromatic N) is 2. The molecular formula is C15H16N4O2. The van der Waals surface area contributed by atoms with E-state index in [4.69, 9.17) is 10.5 Å². The Labute approximate surface area is 121 Å². The molecule has 0 aliphatic carbocycles. The zero-order chi connectivity index (χ0) is 14.8. The van der Waals surface area contributed by atoms with Crippen LogP contribution in [0.3, 0.4) is 0 Å². The number of methoxy groups -OCH3 is 1. The summed E-state index contributed by atoms with van der Waals surface area (Å²) in [6, 6.07) is 7.56. The van der Waals surface area contributed by atoms with Gasteiger partial charge in [-0.2, -0.15) is 5.10 Å². The van der Waals surface area contributed by atoms with Gasteiger partial charge < -0.3 is 15.5 Å². The van der Waals surface area contributed by atoms with Crippen LogP contribution in [0.4, 0.5) is 0 Å². The zero-order valence-electron chi connectivity index (χ0n) is 11.7. The lowest BCUT2D eigenvalue weighted by Gasteiger charge is -2.03. The molecule has 0 aliphatic heterocycles. The number of carbonyl (C=O) groups excluding carboxylic acids is 1. The van der Waals surface area contributed by atoms with E-state index in [9.17, 15) is 4.79 Å². The van der Waals surface area contributed by atoms with E-state index in [1.54, 1.807) is 24.1 Å².